The standard InChI is InChI=1S/C12H10INO2/c1-8(15)16-7-10-4-2-3-9-5-11(13)6-14-12(9)10/h2-6H,7H2,1H3. The summed E-state index contributed by atoms with van der Waals surface area (Å²) in [5.41, 5.74) is 1.83. The van der Waals surface area contributed by atoms with E-state index in [1.807, 2.05) is 18.2 Å². The van der Waals surface area contributed by atoms with Gasteiger partial charge in [-0.2, -0.15) is 0 Å². The second-order valence-electron chi connectivity index (χ2n) is 3.42. The highest BCUT2D eigenvalue weighted by Gasteiger charge is 2.04. The molecule has 2 aromatic rings. The predicted octanol–water partition coefficient (Wildman–Crippen LogP) is 2.90. The van der Waals surface area contributed by atoms with Crippen LogP contribution in [0.1, 0.15) is 12.5 Å². The summed E-state index contributed by atoms with van der Waals surface area (Å²) in [5, 5.41) is 1.07. The molecule has 0 aliphatic heterocycles. The van der Waals surface area contributed by atoms with Crippen LogP contribution < -0.4 is 0 Å². The molecule has 1 heterocycles. The normalized spacial score (nSPS) is 10.4. The molecule has 4 heteroatoms. The second-order valence-corrected chi connectivity index (χ2v) is 4.67. The molecule has 0 amide bonds. The van der Waals surface area contributed by atoms with E-state index < -0.39 is 0 Å². The summed E-state index contributed by atoms with van der Waals surface area (Å²) in [6.45, 7) is 1.68. The van der Waals surface area contributed by atoms with E-state index in [4.69, 9.17) is 4.74 Å². The maximum atomic E-state index is 10.8. The van der Waals surface area contributed by atoms with Crippen LogP contribution in [-0.4, -0.2) is 11.0 Å². The first kappa shape index (κ1) is 11.3. The Labute approximate surface area is 107 Å². The molecule has 0 spiro atoms. The van der Waals surface area contributed by atoms with Gasteiger partial charge >= 0.3 is 5.97 Å². The minimum atomic E-state index is -0.275. The first-order chi connectivity index (χ1) is 7.66. The Balaban J connectivity index is 2.41. The number of halogens is 1. The van der Waals surface area contributed by atoms with Crippen molar-refractivity contribution in [3.05, 3.63) is 39.6 Å². The molecule has 0 N–H and O–H groups in total. The number of hydrogen-bond acceptors (Lipinski definition) is 3. The number of para-hydroxylation sites is 1. The van der Waals surface area contributed by atoms with Crippen LogP contribution in [0.4, 0.5) is 0 Å². The fraction of sp³-hybridized carbons (Fsp3) is 0.167. The maximum absolute atomic E-state index is 10.8. The molecule has 0 fully saturated rings. The van der Waals surface area contributed by atoms with E-state index in [0.29, 0.717) is 0 Å². The quantitative estimate of drug-likeness (QED) is 0.629. The lowest BCUT2D eigenvalue weighted by Crippen LogP contribution is -2.00. The summed E-state index contributed by atoms with van der Waals surface area (Å²) in [4.78, 5) is 15.1. The number of carbonyl (C=O) groups is 1. The van der Waals surface area contributed by atoms with Crippen molar-refractivity contribution in [3.8, 4) is 0 Å². The van der Waals surface area contributed by atoms with Gasteiger partial charge in [0.25, 0.3) is 0 Å². The van der Waals surface area contributed by atoms with Gasteiger partial charge in [-0.1, -0.05) is 18.2 Å². The van der Waals surface area contributed by atoms with Gasteiger partial charge in [-0.3, -0.25) is 9.78 Å². The molecule has 0 unspecified atom stereocenters. The SMILES string of the molecule is CC(=O)OCc1cccc2cc(I)cnc12. The molecule has 0 saturated heterocycles. The molecule has 0 saturated carbocycles. The van der Waals surface area contributed by atoms with E-state index in [1.165, 1.54) is 6.92 Å². The lowest BCUT2D eigenvalue weighted by molar-refractivity contribution is -0.142. The highest BCUT2D eigenvalue weighted by atomic mass is 127. The van der Waals surface area contributed by atoms with E-state index in [1.54, 1.807) is 6.20 Å². The highest BCUT2D eigenvalue weighted by molar-refractivity contribution is 14.1. The number of hydrogen-bond donors (Lipinski definition) is 0. The van der Waals surface area contributed by atoms with E-state index in [9.17, 15) is 4.79 Å². The molecular formula is C12H10INO2. The van der Waals surface area contributed by atoms with Gasteiger partial charge in [-0.05, 0) is 28.7 Å². The van der Waals surface area contributed by atoms with Crippen LogP contribution >= 0.6 is 22.6 Å². The first-order valence-electron chi connectivity index (χ1n) is 4.83. The molecule has 1 aromatic heterocycles. The molecule has 0 atom stereocenters. The van der Waals surface area contributed by atoms with Crippen LogP contribution in [-0.2, 0) is 16.1 Å². The van der Waals surface area contributed by atoms with Crippen LogP contribution in [0.3, 0.4) is 0 Å². The summed E-state index contributed by atoms with van der Waals surface area (Å²) in [6, 6.07) is 7.92. The van der Waals surface area contributed by atoms with Crippen molar-refractivity contribution in [1.82, 2.24) is 4.98 Å². The molecule has 16 heavy (non-hydrogen) atoms. The van der Waals surface area contributed by atoms with Crippen molar-refractivity contribution >= 4 is 39.5 Å². The Bertz CT molecular complexity index is 540. The number of ether oxygens (including phenoxy) is 1. The van der Waals surface area contributed by atoms with Crippen molar-refractivity contribution in [3.63, 3.8) is 0 Å². The van der Waals surface area contributed by atoms with Crippen LogP contribution in [0, 0.1) is 3.57 Å². The lowest BCUT2D eigenvalue weighted by Gasteiger charge is -2.06. The van der Waals surface area contributed by atoms with Crippen molar-refractivity contribution in [2.24, 2.45) is 0 Å². The summed E-state index contributed by atoms with van der Waals surface area (Å²) < 4.78 is 6.08. The molecule has 0 bridgehead atoms. The summed E-state index contributed by atoms with van der Waals surface area (Å²) in [5.74, 6) is -0.275. The van der Waals surface area contributed by atoms with Gasteiger partial charge in [0.2, 0.25) is 0 Å². The fourth-order valence-corrected chi connectivity index (χ4v) is 1.97. The zero-order valence-electron chi connectivity index (χ0n) is 8.74. The van der Waals surface area contributed by atoms with Crippen molar-refractivity contribution in [2.45, 2.75) is 13.5 Å². The maximum Gasteiger partial charge on any atom is 0.302 e. The molecule has 0 radical (unpaired) electrons. The van der Waals surface area contributed by atoms with Gasteiger partial charge < -0.3 is 4.74 Å². The first-order valence-corrected chi connectivity index (χ1v) is 5.91. The monoisotopic (exact) mass is 327 g/mol. The van der Waals surface area contributed by atoms with Crippen molar-refractivity contribution in [1.29, 1.82) is 0 Å². The van der Waals surface area contributed by atoms with Crippen LogP contribution in [0.5, 0.6) is 0 Å². The average Bonchev–Trinajstić information content (AvgIpc) is 2.25. The number of nitrogens with zero attached hydrogens (tertiary/aromatic N) is 1. The van der Waals surface area contributed by atoms with Gasteiger partial charge in [0, 0.05) is 27.6 Å². The number of rotatable bonds is 2. The number of pyridine rings is 1. The molecule has 0 aliphatic rings. The van der Waals surface area contributed by atoms with Gasteiger partial charge in [0.15, 0.2) is 0 Å². The molecule has 0 aliphatic carbocycles. The molecular weight excluding hydrogens is 317 g/mol. The van der Waals surface area contributed by atoms with E-state index in [2.05, 4.69) is 33.6 Å². The summed E-state index contributed by atoms with van der Waals surface area (Å²) in [7, 11) is 0. The number of carbonyl (C=O) groups excluding carboxylic acids is 1. The molecule has 1 aromatic carbocycles. The van der Waals surface area contributed by atoms with Crippen LogP contribution in [0.2, 0.25) is 0 Å². The molecule has 3 nitrogen and oxygen atoms in total. The third-order valence-corrected chi connectivity index (χ3v) is 2.78. The van der Waals surface area contributed by atoms with E-state index in [0.717, 1.165) is 20.0 Å². The van der Waals surface area contributed by atoms with Crippen LogP contribution in [0.25, 0.3) is 10.9 Å². The van der Waals surface area contributed by atoms with E-state index in [-0.39, 0.29) is 12.6 Å². The zero-order chi connectivity index (χ0) is 11.5. The summed E-state index contributed by atoms with van der Waals surface area (Å²) >= 11 is 2.22. The Hall–Kier alpha value is -1.17. The smallest absolute Gasteiger partial charge is 0.302 e. The summed E-state index contributed by atoms with van der Waals surface area (Å²) in [6.07, 6.45) is 1.81. The second kappa shape index (κ2) is 4.78. The fourth-order valence-electron chi connectivity index (χ4n) is 1.49. The number of aromatic nitrogens is 1. The molecule has 2 rings (SSSR count). The average molecular weight is 327 g/mol. The van der Waals surface area contributed by atoms with Crippen molar-refractivity contribution in [2.75, 3.05) is 0 Å². The third-order valence-electron chi connectivity index (χ3n) is 2.19. The van der Waals surface area contributed by atoms with Gasteiger partial charge in [-0.25, -0.2) is 0 Å². The number of esters is 1. The number of benzene rings is 1. The van der Waals surface area contributed by atoms with Gasteiger partial charge in [0.1, 0.15) is 6.61 Å². The van der Waals surface area contributed by atoms with Crippen LogP contribution in [0.15, 0.2) is 30.5 Å². The lowest BCUT2D eigenvalue weighted by atomic mass is 10.1. The number of fused-ring (bicyclic) bond motifs is 1. The Morgan fingerprint density at radius 1 is 1.50 bits per heavy atom. The minimum Gasteiger partial charge on any atom is -0.461 e. The largest absolute Gasteiger partial charge is 0.461 e. The Kier molecular flexibility index (Phi) is 3.38. The van der Waals surface area contributed by atoms with Crippen molar-refractivity contribution < 1.29 is 9.53 Å². The predicted molar refractivity (Wildman–Crippen MR) is 69.9 cm³/mol. The zero-order valence-corrected chi connectivity index (χ0v) is 10.9. The Morgan fingerprint density at radius 3 is 3.06 bits per heavy atom. The molecule has 82 valence electrons. The minimum absolute atomic E-state index is 0.275. The van der Waals surface area contributed by atoms with Gasteiger partial charge in [0.05, 0.1) is 5.52 Å². The topological polar surface area (TPSA) is 39.2 Å². The third kappa shape index (κ3) is 2.49. The van der Waals surface area contributed by atoms with E-state index >= 15 is 0 Å². The highest BCUT2D eigenvalue weighted by Crippen LogP contribution is 2.19. The Morgan fingerprint density at radius 2 is 2.31 bits per heavy atom. The van der Waals surface area contributed by atoms with Gasteiger partial charge in [-0.15, -0.1) is 0 Å².